The molecule has 5 nitrogen and oxygen atoms in total. The van der Waals surface area contributed by atoms with E-state index in [1.54, 1.807) is 0 Å². The van der Waals surface area contributed by atoms with E-state index in [2.05, 4.69) is 30.6 Å². The molecule has 7 heteroatoms. The van der Waals surface area contributed by atoms with E-state index >= 15 is 0 Å². The molecule has 2 unspecified atom stereocenters. The van der Waals surface area contributed by atoms with Crippen molar-refractivity contribution in [1.82, 2.24) is 9.80 Å². The first kappa shape index (κ1) is 22.9. The molecule has 1 amide bonds. The third-order valence-electron chi connectivity index (χ3n) is 5.57. The van der Waals surface area contributed by atoms with Crippen LogP contribution in [0.2, 0.25) is 0 Å². The van der Waals surface area contributed by atoms with Gasteiger partial charge in [0.1, 0.15) is 0 Å². The molecule has 23 heavy (non-hydrogen) atoms. The van der Waals surface area contributed by atoms with Gasteiger partial charge in [0.25, 0.3) is 0 Å². The zero-order chi connectivity index (χ0) is 15.5. The number of ether oxygens (including phenoxy) is 1. The van der Waals surface area contributed by atoms with Crippen LogP contribution in [0.25, 0.3) is 0 Å². The van der Waals surface area contributed by atoms with E-state index in [1.165, 1.54) is 0 Å². The molecule has 0 aromatic rings. The van der Waals surface area contributed by atoms with Crippen LogP contribution >= 0.6 is 24.8 Å². The Morgan fingerprint density at radius 1 is 1.17 bits per heavy atom. The monoisotopic (exact) mass is 369 g/mol. The molecule has 0 aromatic carbocycles. The zero-order valence-corrected chi connectivity index (χ0v) is 16.3. The fourth-order valence-electron chi connectivity index (χ4n) is 3.76. The normalized spacial score (nSPS) is 25.7. The van der Waals surface area contributed by atoms with Gasteiger partial charge in [0, 0.05) is 38.8 Å². The first-order valence-electron chi connectivity index (χ1n) is 8.39. The number of carbonyl (C=O) groups is 1. The van der Waals surface area contributed by atoms with Crippen LogP contribution in [-0.2, 0) is 9.53 Å². The van der Waals surface area contributed by atoms with Gasteiger partial charge in [-0.25, -0.2) is 0 Å². The molecule has 2 N–H and O–H groups in total. The maximum Gasteiger partial charge on any atom is 0.230 e. The van der Waals surface area contributed by atoms with E-state index in [1.807, 2.05) is 0 Å². The summed E-state index contributed by atoms with van der Waals surface area (Å²) < 4.78 is 5.44. The predicted octanol–water partition coefficient (Wildman–Crippen LogP) is 1.77. The smallest absolute Gasteiger partial charge is 0.230 e. The highest BCUT2D eigenvalue weighted by atomic mass is 35.5. The summed E-state index contributed by atoms with van der Waals surface area (Å²) in [6.07, 6.45) is 1.65. The van der Waals surface area contributed by atoms with Crippen LogP contribution in [0.15, 0.2) is 0 Å². The van der Waals surface area contributed by atoms with Crippen LogP contribution in [0.3, 0.4) is 0 Å². The molecule has 0 spiro atoms. The maximum absolute atomic E-state index is 12.9. The van der Waals surface area contributed by atoms with E-state index in [0.29, 0.717) is 18.5 Å². The summed E-state index contributed by atoms with van der Waals surface area (Å²) in [5, 5.41) is 0. The van der Waals surface area contributed by atoms with Crippen LogP contribution in [0.4, 0.5) is 0 Å². The second-order valence-corrected chi connectivity index (χ2v) is 6.59. The maximum atomic E-state index is 12.9. The van der Waals surface area contributed by atoms with Crippen molar-refractivity contribution in [3.63, 3.8) is 0 Å². The van der Waals surface area contributed by atoms with Crippen molar-refractivity contribution in [2.45, 2.75) is 39.7 Å². The topological polar surface area (TPSA) is 58.8 Å². The lowest BCUT2D eigenvalue weighted by Crippen LogP contribution is -2.49. The number of nitrogens with two attached hydrogens (primary N) is 1. The Bertz CT molecular complexity index is 353. The summed E-state index contributed by atoms with van der Waals surface area (Å²) in [5.41, 5.74) is 5.57. The summed E-state index contributed by atoms with van der Waals surface area (Å²) >= 11 is 0. The number of carbonyl (C=O) groups excluding carboxylic acids is 1. The molecule has 0 saturated carbocycles. The summed E-state index contributed by atoms with van der Waals surface area (Å²) in [5.74, 6) is 0.786. The highest BCUT2D eigenvalue weighted by molar-refractivity contribution is 5.85. The minimum atomic E-state index is -0.361. The number of hydrogen-bond acceptors (Lipinski definition) is 4. The van der Waals surface area contributed by atoms with E-state index in [4.69, 9.17) is 10.5 Å². The lowest BCUT2D eigenvalue weighted by atomic mass is 9.81. The first-order chi connectivity index (χ1) is 10.1. The number of halogens is 2. The third kappa shape index (κ3) is 4.73. The average Bonchev–Trinajstić information content (AvgIpc) is 2.92. The van der Waals surface area contributed by atoms with Crippen LogP contribution in [0.1, 0.15) is 33.6 Å². The summed E-state index contributed by atoms with van der Waals surface area (Å²) in [7, 11) is 0. The van der Waals surface area contributed by atoms with Crippen molar-refractivity contribution in [3.05, 3.63) is 0 Å². The van der Waals surface area contributed by atoms with Crippen molar-refractivity contribution in [2.24, 2.45) is 17.1 Å². The van der Waals surface area contributed by atoms with Crippen LogP contribution in [0.5, 0.6) is 0 Å². The molecule has 2 atom stereocenters. The lowest BCUT2D eigenvalue weighted by molar-refractivity contribution is -0.141. The van der Waals surface area contributed by atoms with Gasteiger partial charge in [0.2, 0.25) is 5.91 Å². The lowest BCUT2D eigenvalue weighted by Gasteiger charge is -2.35. The van der Waals surface area contributed by atoms with Gasteiger partial charge in [-0.3, -0.25) is 9.69 Å². The van der Waals surface area contributed by atoms with E-state index in [-0.39, 0.29) is 36.1 Å². The number of likely N-dealkylation sites (tertiary alicyclic amines) is 1. The van der Waals surface area contributed by atoms with Crippen molar-refractivity contribution >= 4 is 30.7 Å². The van der Waals surface area contributed by atoms with E-state index in [0.717, 1.165) is 52.2 Å². The molecule has 0 aromatic heterocycles. The summed E-state index contributed by atoms with van der Waals surface area (Å²) in [6, 6.07) is 0.474. The highest BCUT2D eigenvalue weighted by Crippen LogP contribution is 2.32. The van der Waals surface area contributed by atoms with Gasteiger partial charge in [-0.15, -0.1) is 24.8 Å². The van der Waals surface area contributed by atoms with E-state index in [9.17, 15) is 4.79 Å². The summed E-state index contributed by atoms with van der Waals surface area (Å²) in [6.45, 7) is 12.2. The predicted molar refractivity (Wildman–Crippen MR) is 98.5 cm³/mol. The molecule has 2 aliphatic rings. The van der Waals surface area contributed by atoms with Crippen molar-refractivity contribution < 1.29 is 9.53 Å². The largest absolute Gasteiger partial charge is 0.379 e. The minimum Gasteiger partial charge on any atom is -0.379 e. The first-order valence-corrected chi connectivity index (χ1v) is 8.39. The van der Waals surface area contributed by atoms with Crippen LogP contribution in [0, 0.1) is 11.3 Å². The Morgan fingerprint density at radius 2 is 1.74 bits per heavy atom. The second kappa shape index (κ2) is 10.0. The van der Waals surface area contributed by atoms with Gasteiger partial charge in [-0.1, -0.05) is 20.8 Å². The number of rotatable bonds is 5. The van der Waals surface area contributed by atoms with Gasteiger partial charge >= 0.3 is 0 Å². The highest BCUT2D eigenvalue weighted by Gasteiger charge is 2.43. The van der Waals surface area contributed by atoms with Gasteiger partial charge in [0.15, 0.2) is 0 Å². The molecule has 2 saturated heterocycles. The van der Waals surface area contributed by atoms with Gasteiger partial charge in [0.05, 0.1) is 18.6 Å². The Kier molecular flexibility index (Phi) is 10.0. The SMILES string of the molecule is CCC(CC)(CN)C(=O)N1CC(C)C(N2CCOCC2)C1.Cl.Cl. The number of nitrogens with zero attached hydrogens (tertiary/aromatic N) is 2. The standard InChI is InChI=1S/C16H31N3O2.2ClH/c1-4-16(5-2,12-17)15(20)19-10-13(3)14(11-19)18-6-8-21-9-7-18;;/h13-14H,4-12,17H2,1-3H3;2*1H. The van der Waals surface area contributed by atoms with Crippen LogP contribution in [-0.4, -0.2) is 67.7 Å². The Hall–Kier alpha value is -0.0700. The Balaban J connectivity index is 0.00000242. The fraction of sp³-hybridized carbons (Fsp3) is 0.938. The van der Waals surface area contributed by atoms with Gasteiger partial charge in [-0.05, 0) is 18.8 Å². The molecule has 2 aliphatic heterocycles. The number of amides is 1. The van der Waals surface area contributed by atoms with E-state index < -0.39 is 0 Å². The average molecular weight is 370 g/mol. The molecule has 0 radical (unpaired) electrons. The van der Waals surface area contributed by atoms with Crippen molar-refractivity contribution in [2.75, 3.05) is 45.9 Å². The van der Waals surface area contributed by atoms with Crippen LogP contribution < -0.4 is 5.73 Å². The number of hydrogen-bond donors (Lipinski definition) is 1. The zero-order valence-electron chi connectivity index (χ0n) is 14.6. The number of morpholine rings is 1. The molecular formula is C16H33Cl2N3O2. The molecule has 0 aliphatic carbocycles. The molecule has 2 fully saturated rings. The molecular weight excluding hydrogens is 337 g/mol. The third-order valence-corrected chi connectivity index (χ3v) is 5.57. The summed E-state index contributed by atoms with van der Waals surface area (Å²) in [4.78, 5) is 17.5. The quantitative estimate of drug-likeness (QED) is 0.802. The Labute approximate surface area is 153 Å². The van der Waals surface area contributed by atoms with Gasteiger partial charge < -0.3 is 15.4 Å². The molecule has 138 valence electrons. The molecule has 2 rings (SSSR count). The van der Waals surface area contributed by atoms with Crippen molar-refractivity contribution in [3.8, 4) is 0 Å². The Morgan fingerprint density at radius 3 is 2.22 bits per heavy atom. The molecule has 2 heterocycles. The second-order valence-electron chi connectivity index (χ2n) is 6.59. The van der Waals surface area contributed by atoms with Crippen molar-refractivity contribution in [1.29, 1.82) is 0 Å². The van der Waals surface area contributed by atoms with Gasteiger partial charge in [-0.2, -0.15) is 0 Å². The fourth-order valence-corrected chi connectivity index (χ4v) is 3.76. The molecule has 0 bridgehead atoms. The minimum absolute atomic E-state index is 0.